The van der Waals surface area contributed by atoms with Crippen molar-refractivity contribution in [1.82, 2.24) is 4.83 Å². The van der Waals surface area contributed by atoms with Gasteiger partial charge in [-0.25, -0.2) is 0 Å². The second-order valence-electron chi connectivity index (χ2n) is 4.00. The molecular formula is C12H14N2O2S. The topological polar surface area (TPSA) is 58.5 Å². The first kappa shape index (κ1) is 11.9. The molecule has 0 saturated heterocycles. The summed E-state index contributed by atoms with van der Waals surface area (Å²) in [5, 5.41) is 3.92. The van der Waals surface area contributed by atoms with Gasteiger partial charge in [-0.2, -0.15) is 18.4 Å². The van der Waals surface area contributed by atoms with Gasteiger partial charge in [-0.05, 0) is 38.0 Å². The molecule has 4 nitrogen and oxygen atoms in total. The predicted molar refractivity (Wildman–Crippen MR) is 67.2 cm³/mol. The molecule has 0 spiro atoms. The van der Waals surface area contributed by atoms with E-state index in [0.29, 0.717) is 0 Å². The molecule has 1 aliphatic carbocycles. The van der Waals surface area contributed by atoms with E-state index in [9.17, 15) is 8.42 Å². The molecule has 2 rings (SSSR count). The van der Waals surface area contributed by atoms with Crippen LogP contribution in [0.5, 0.6) is 0 Å². The van der Waals surface area contributed by atoms with Crippen LogP contribution in [0.25, 0.3) is 0 Å². The average molecular weight is 250 g/mol. The van der Waals surface area contributed by atoms with E-state index in [2.05, 4.69) is 9.93 Å². The number of allylic oxidation sites excluding steroid dienone is 2. The molecule has 0 aliphatic heterocycles. The largest absolute Gasteiger partial charge is 0.276 e. The maximum Gasteiger partial charge on any atom is 0.276 e. The quantitative estimate of drug-likeness (QED) is 0.835. The van der Waals surface area contributed by atoms with Crippen molar-refractivity contribution in [3.8, 4) is 0 Å². The Labute approximate surface area is 101 Å². The molecule has 0 heterocycles. The molecular weight excluding hydrogens is 236 g/mol. The number of hydrogen-bond acceptors (Lipinski definition) is 3. The first-order chi connectivity index (χ1) is 8.08. The second-order valence-corrected chi connectivity index (χ2v) is 5.66. The molecule has 0 radical (unpaired) electrons. The molecule has 17 heavy (non-hydrogen) atoms. The summed E-state index contributed by atoms with van der Waals surface area (Å²) in [5.41, 5.74) is 2.00. The van der Waals surface area contributed by atoms with Gasteiger partial charge in [0.2, 0.25) is 0 Å². The highest BCUT2D eigenvalue weighted by molar-refractivity contribution is 7.89. The van der Waals surface area contributed by atoms with E-state index < -0.39 is 10.0 Å². The Kier molecular flexibility index (Phi) is 3.28. The summed E-state index contributed by atoms with van der Waals surface area (Å²) in [5.74, 6) is 0. The second kappa shape index (κ2) is 4.71. The fourth-order valence-electron chi connectivity index (χ4n) is 1.61. The average Bonchev–Trinajstić information content (AvgIpc) is 2.74. The Hall–Kier alpha value is -1.62. The molecule has 0 bridgehead atoms. The first-order valence-corrected chi connectivity index (χ1v) is 6.87. The van der Waals surface area contributed by atoms with Crippen LogP contribution in [-0.2, 0) is 10.0 Å². The van der Waals surface area contributed by atoms with Crippen molar-refractivity contribution >= 4 is 15.7 Å². The fraction of sp³-hybridized carbons (Fsp3) is 0.250. The molecule has 0 fully saturated rings. The third-order valence-corrected chi connectivity index (χ3v) is 3.78. The van der Waals surface area contributed by atoms with Crippen LogP contribution < -0.4 is 4.83 Å². The van der Waals surface area contributed by atoms with Crippen LogP contribution in [0.3, 0.4) is 0 Å². The molecule has 1 N–H and O–H groups in total. The van der Waals surface area contributed by atoms with Gasteiger partial charge >= 0.3 is 0 Å². The summed E-state index contributed by atoms with van der Waals surface area (Å²) in [7, 11) is -3.53. The van der Waals surface area contributed by atoms with Crippen LogP contribution in [0.4, 0.5) is 0 Å². The summed E-state index contributed by atoms with van der Waals surface area (Å²) >= 11 is 0. The van der Waals surface area contributed by atoms with E-state index in [-0.39, 0.29) is 4.90 Å². The number of sulfonamides is 1. The Morgan fingerprint density at radius 1 is 1.18 bits per heavy atom. The molecule has 1 aliphatic rings. The molecule has 5 heteroatoms. The van der Waals surface area contributed by atoms with Crippen molar-refractivity contribution in [3.05, 3.63) is 42.0 Å². The minimum Gasteiger partial charge on any atom is -0.200 e. The number of rotatable bonds is 3. The van der Waals surface area contributed by atoms with Crippen LogP contribution >= 0.6 is 0 Å². The lowest BCUT2D eigenvalue weighted by molar-refractivity contribution is 0.584. The molecule has 0 aromatic heterocycles. The van der Waals surface area contributed by atoms with Gasteiger partial charge in [0.1, 0.15) is 0 Å². The number of benzene rings is 1. The van der Waals surface area contributed by atoms with Gasteiger partial charge in [0.05, 0.1) is 10.6 Å². The third-order valence-electron chi connectivity index (χ3n) is 2.55. The highest BCUT2D eigenvalue weighted by Gasteiger charge is 2.13. The van der Waals surface area contributed by atoms with Crippen molar-refractivity contribution in [1.29, 1.82) is 0 Å². The molecule has 0 unspecified atom stereocenters. The zero-order valence-corrected chi connectivity index (χ0v) is 10.4. The number of nitrogens with one attached hydrogen (secondary N) is 1. The maximum absolute atomic E-state index is 11.8. The minimum absolute atomic E-state index is 0.225. The zero-order valence-electron chi connectivity index (χ0n) is 9.55. The monoisotopic (exact) mass is 250 g/mol. The molecule has 0 amide bonds. The summed E-state index contributed by atoms with van der Waals surface area (Å²) in [6.45, 7) is 2.01. The van der Waals surface area contributed by atoms with Gasteiger partial charge < -0.3 is 0 Å². The van der Waals surface area contributed by atoms with E-state index in [1.54, 1.807) is 18.2 Å². The van der Waals surface area contributed by atoms with Gasteiger partial charge in [-0.15, -0.1) is 0 Å². The van der Waals surface area contributed by atoms with Crippen LogP contribution in [-0.4, -0.2) is 14.1 Å². The van der Waals surface area contributed by atoms with E-state index in [4.69, 9.17) is 0 Å². The van der Waals surface area contributed by atoms with Crippen molar-refractivity contribution in [3.63, 3.8) is 0 Å². The Morgan fingerprint density at radius 2 is 1.88 bits per heavy atom. The van der Waals surface area contributed by atoms with E-state index >= 15 is 0 Å². The van der Waals surface area contributed by atoms with Gasteiger partial charge in [0.25, 0.3) is 10.0 Å². The Bertz CT molecular complexity index is 559. The van der Waals surface area contributed by atoms with Crippen molar-refractivity contribution in [2.24, 2.45) is 5.10 Å². The van der Waals surface area contributed by atoms with Crippen LogP contribution in [0.1, 0.15) is 19.8 Å². The predicted octanol–water partition coefficient (Wildman–Crippen LogP) is 2.06. The van der Waals surface area contributed by atoms with Gasteiger partial charge in [0, 0.05) is 0 Å². The summed E-state index contributed by atoms with van der Waals surface area (Å²) in [6.07, 6.45) is 3.66. The van der Waals surface area contributed by atoms with Crippen LogP contribution in [0.15, 0.2) is 52.0 Å². The number of hydrogen-bond donors (Lipinski definition) is 1. The molecule has 1 aromatic carbocycles. The van der Waals surface area contributed by atoms with Crippen molar-refractivity contribution < 1.29 is 8.42 Å². The van der Waals surface area contributed by atoms with Gasteiger partial charge in [-0.1, -0.05) is 23.8 Å². The highest BCUT2D eigenvalue weighted by Crippen LogP contribution is 2.15. The molecule has 1 aromatic rings. The third kappa shape index (κ3) is 2.94. The minimum atomic E-state index is -3.53. The number of hydrazone groups is 1. The smallest absolute Gasteiger partial charge is 0.200 e. The first-order valence-electron chi connectivity index (χ1n) is 5.38. The lowest BCUT2D eigenvalue weighted by Gasteiger charge is -2.03. The SMILES string of the molecule is CC1=C/C(=N/NS(=O)(=O)c2ccccc2)CC1. The maximum atomic E-state index is 11.8. The normalized spacial score (nSPS) is 18.2. The van der Waals surface area contributed by atoms with Crippen molar-refractivity contribution in [2.75, 3.05) is 0 Å². The lowest BCUT2D eigenvalue weighted by atomic mass is 10.3. The molecule has 0 saturated carbocycles. The molecule has 90 valence electrons. The lowest BCUT2D eigenvalue weighted by Crippen LogP contribution is -2.19. The summed E-state index contributed by atoms with van der Waals surface area (Å²) < 4.78 is 23.7. The Balaban J connectivity index is 2.15. The van der Waals surface area contributed by atoms with E-state index in [1.807, 2.05) is 13.0 Å². The van der Waals surface area contributed by atoms with E-state index in [0.717, 1.165) is 18.6 Å². The Morgan fingerprint density at radius 3 is 2.47 bits per heavy atom. The fourth-order valence-corrected chi connectivity index (χ4v) is 2.47. The zero-order chi connectivity index (χ0) is 12.3. The van der Waals surface area contributed by atoms with Gasteiger partial charge in [-0.3, -0.25) is 0 Å². The van der Waals surface area contributed by atoms with Crippen LogP contribution in [0, 0.1) is 0 Å². The van der Waals surface area contributed by atoms with Crippen LogP contribution in [0.2, 0.25) is 0 Å². The molecule has 0 atom stereocenters. The standard InChI is InChI=1S/C12H14N2O2S/c1-10-7-8-11(9-10)13-14-17(15,16)12-5-3-2-4-6-12/h2-6,9,14H,7-8H2,1H3/b13-11+. The van der Waals surface area contributed by atoms with E-state index in [1.165, 1.54) is 17.7 Å². The summed E-state index contributed by atoms with van der Waals surface area (Å²) in [4.78, 5) is 2.48. The summed E-state index contributed by atoms with van der Waals surface area (Å²) in [6, 6.07) is 8.22. The highest BCUT2D eigenvalue weighted by atomic mass is 32.2. The van der Waals surface area contributed by atoms with Crippen molar-refractivity contribution in [2.45, 2.75) is 24.7 Å². The number of nitrogens with zero attached hydrogens (tertiary/aromatic N) is 1. The van der Waals surface area contributed by atoms with Gasteiger partial charge in [0.15, 0.2) is 0 Å².